The zero-order valence-electron chi connectivity index (χ0n) is 12.9. The standard InChI is InChI=1S/C16H16F3N3O2/c1-15(24,16(17,18)19)14(23)21-8-7-13-12(9-21)20-10-22(13)11-5-3-2-4-6-11/h2-6,10,24H,7-9H2,1H3/t15-/m1/s1. The number of imidazole rings is 1. The third kappa shape index (κ3) is 2.66. The minimum absolute atomic E-state index is 0.0553. The summed E-state index contributed by atoms with van der Waals surface area (Å²) >= 11 is 0. The molecule has 1 aromatic carbocycles. The van der Waals surface area contributed by atoms with Gasteiger partial charge in [0.15, 0.2) is 0 Å². The van der Waals surface area contributed by atoms with Gasteiger partial charge in [0.1, 0.15) is 0 Å². The van der Waals surface area contributed by atoms with E-state index in [2.05, 4.69) is 4.98 Å². The molecule has 1 amide bonds. The zero-order valence-corrected chi connectivity index (χ0v) is 12.9. The Morgan fingerprint density at radius 3 is 2.54 bits per heavy atom. The molecule has 0 fully saturated rings. The fourth-order valence-electron chi connectivity index (χ4n) is 2.72. The van der Waals surface area contributed by atoms with Crippen molar-refractivity contribution in [3.8, 4) is 5.69 Å². The number of amides is 1. The molecule has 8 heteroatoms. The molecular formula is C16H16F3N3O2. The van der Waals surface area contributed by atoms with E-state index in [0.717, 1.165) is 16.3 Å². The van der Waals surface area contributed by atoms with Crippen molar-refractivity contribution in [2.45, 2.75) is 31.7 Å². The van der Waals surface area contributed by atoms with Crippen LogP contribution < -0.4 is 0 Å². The van der Waals surface area contributed by atoms with E-state index in [1.807, 2.05) is 34.9 Å². The first-order valence-corrected chi connectivity index (χ1v) is 7.41. The molecule has 1 aliphatic heterocycles. The molecule has 0 unspecified atom stereocenters. The van der Waals surface area contributed by atoms with E-state index in [-0.39, 0.29) is 13.1 Å². The maximum absolute atomic E-state index is 12.8. The molecule has 128 valence electrons. The first-order chi connectivity index (χ1) is 11.2. The number of hydrogen-bond donors (Lipinski definition) is 1. The summed E-state index contributed by atoms with van der Waals surface area (Å²) in [7, 11) is 0. The van der Waals surface area contributed by atoms with Crippen molar-refractivity contribution >= 4 is 5.91 Å². The molecule has 5 nitrogen and oxygen atoms in total. The summed E-state index contributed by atoms with van der Waals surface area (Å²) in [6.45, 7) is 0.518. The van der Waals surface area contributed by atoms with Gasteiger partial charge >= 0.3 is 6.18 Å². The summed E-state index contributed by atoms with van der Waals surface area (Å²) in [5, 5.41) is 9.56. The zero-order chi connectivity index (χ0) is 17.5. The molecule has 1 atom stereocenters. The van der Waals surface area contributed by atoms with Gasteiger partial charge < -0.3 is 14.6 Å². The number of aromatic nitrogens is 2. The minimum Gasteiger partial charge on any atom is -0.373 e. The van der Waals surface area contributed by atoms with E-state index in [9.17, 15) is 23.1 Å². The Morgan fingerprint density at radius 2 is 1.92 bits per heavy atom. The average Bonchev–Trinajstić information content (AvgIpc) is 2.97. The third-order valence-corrected chi connectivity index (χ3v) is 4.20. The second kappa shape index (κ2) is 5.62. The summed E-state index contributed by atoms with van der Waals surface area (Å²) in [5.41, 5.74) is -1.10. The summed E-state index contributed by atoms with van der Waals surface area (Å²) in [6, 6.07) is 9.43. The van der Waals surface area contributed by atoms with Crippen LogP contribution in [-0.2, 0) is 17.8 Å². The number of nitrogens with zero attached hydrogens (tertiary/aromatic N) is 3. The molecule has 3 rings (SSSR count). The van der Waals surface area contributed by atoms with Crippen LogP contribution >= 0.6 is 0 Å². The Kier molecular flexibility index (Phi) is 3.87. The predicted octanol–water partition coefficient (Wildman–Crippen LogP) is 2.07. The van der Waals surface area contributed by atoms with Gasteiger partial charge in [-0.15, -0.1) is 0 Å². The van der Waals surface area contributed by atoms with Crippen LogP contribution in [0.15, 0.2) is 36.7 Å². The van der Waals surface area contributed by atoms with Crippen LogP contribution in [0, 0.1) is 0 Å². The molecule has 0 spiro atoms. The van der Waals surface area contributed by atoms with Gasteiger partial charge in [0, 0.05) is 24.3 Å². The van der Waals surface area contributed by atoms with Gasteiger partial charge in [0.2, 0.25) is 5.60 Å². The van der Waals surface area contributed by atoms with Gasteiger partial charge in [-0.25, -0.2) is 4.98 Å². The highest BCUT2D eigenvalue weighted by molar-refractivity contribution is 5.85. The SMILES string of the molecule is C[C@@](O)(C(=O)N1CCc2c(ncn2-c2ccccc2)C1)C(F)(F)F. The molecule has 1 aromatic heterocycles. The lowest BCUT2D eigenvalue weighted by atomic mass is 10.0. The second-order valence-electron chi connectivity index (χ2n) is 5.89. The first kappa shape index (κ1) is 16.5. The van der Waals surface area contributed by atoms with E-state index in [0.29, 0.717) is 19.0 Å². The van der Waals surface area contributed by atoms with Crippen LogP contribution in [0.1, 0.15) is 18.3 Å². The van der Waals surface area contributed by atoms with E-state index in [1.165, 1.54) is 0 Å². The number of rotatable bonds is 2. The highest BCUT2D eigenvalue weighted by Crippen LogP contribution is 2.33. The topological polar surface area (TPSA) is 58.4 Å². The Hall–Kier alpha value is -2.35. The number of carbonyl (C=O) groups is 1. The number of alkyl halides is 3. The number of carbonyl (C=O) groups excluding carboxylic acids is 1. The molecular weight excluding hydrogens is 323 g/mol. The van der Waals surface area contributed by atoms with Crippen molar-refractivity contribution in [1.82, 2.24) is 14.5 Å². The minimum atomic E-state index is -5.02. The van der Waals surface area contributed by atoms with Gasteiger partial charge in [-0.2, -0.15) is 13.2 Å². The average molecular weight is 339 g/mol. The van der Waals surface area contributed by atoms with Crippen LogP contribution in [0.2, 0.25) is 0 Å². The number of para-hydroxylation sites is 1. The van der Waals surface area contributed by atoms with Crippen molar-refractivity contribution in [3.05, 3.63) is 48.0 Å². The summed E-state index contributed by atoms with van der Waals surface area (Å²) in [4.78, 5) is 17.3. The summed E-state index contributed by atoms with van der Waals surface area (Å²) < 4.78 is 40.4. The molecule has 1 N–H and O–H groups in total. The van der Waals surface area contributed by atoms with Crippen LogP contribution in [0.3, 0.4) is 0 Å². The molecule has 0 radical (unpaired) electrons. The number of hydrogen-bond acceptors (Lipinski definition) is 3. The number of fused-ring (bicyclic) bond motifs is 1. The molecule has 0 bridgehead atoms. The number of halogens is 3. The van der Waals surface area contributed by atoms with Gasteiger partial charge in [-0.1, -0.05) is 18.2 Å². The largest absolute Gasteiger partial charge is 0.426 e. The Balaban J connectivity index is 1.84. The van der Waals surface area contributed by atoms with Crippen molar-refractivity contribution in [1.29, 1.82) is 0 Å². The lowest BCUT2D eigenvalue weighted by molar-refractivity contribution is -0.250. The lowest BCUT2D eigenvalue weighted by Gasteiger charge is -2.34. The van der Waals surface area contributed by atoms with Crippen LogP contribution in [0.5, 0.6) is 0 Å². The molecule has 2 aromatic rings. The maximum Gasteiger partial charge on any atom is 0.426 e. The third-order valence-electron chi connectivity index (χ3n) is 4.20. The maximum atomic E-state index is 12.8. The Labute approximate surface area is 136 Å². The van der Waals surface area contributed by atoms with Crippen molar-refractivity contribution in [2.75, 3.05) is 6.54 Å². The first-order valence-electron chi connectivity index (χ1n) is 7.41. The summed E-state index contributed by atoms with van der Waals surface area (Å²) in [6.07, 6.45) is -3.06. The van der Waals surface area contributed by atoms with E-state index < -0.39 is 17.7 Å². The summed E-state index contributed by atoms with van der Waals surface area (Å²) in [5.74, 6) is -1.35. The fraction of sp³-hybridized carbons (Fsp3) is 0.375. The molecule has 0 saturated carbocycles. The fourth-order valence-corrected chi connectivity index (χ4v) is 2.72. The van der Waals surface area contributed by atoms with Crippen LogP contribution in [-0.4, -0.2) is 43.8 Å². The normalized spacial score (nSPS) is 17.3. The molecule has 0 saturated heterocycles. The quantitative estimate of drug-likeness (QED) is 0.911. The number of aliphatic hydroxyl groups is 1. The van der Waals surface area contributed by atoms with E-state index >= 15 is 0 Å². The van der Waals surface area contributed by atoms with E-state index in [4.69, 9.17) is 0 Å². The Bertz CT molecular complexity index is 754. The van der Waals surface area contributed by atoms with Crippen molar-refractivity contribution in [2.24, 2.45) is 0 Å². The van der Waals surface area contributed by atoms with Crippen LogP contribution in [0.4, 0.5) is 13.2 Å². The molecule has 2 heterocycles. The lowest BCUT2D eigenvalue weighted by Crippen LogP contribution is -2.56. The van der Waals surface area contributed by atoms with Crippen molar-refractivity contribution in [3.63, 3.8) is 0 Å². The highest BCUT2D eigenvalue weighted by atomic mass is 19.4. The van der Waals surface area contributed by atoms with Gasteiger partial charge in [-0.05, 0) is 19.1 Å². The Morgan fingerprint density at radius 1 is 1.25 bits per heavy atom. The molecule has 0 aliphatic carbocycles. The van der Waals surface area contributed by atoms with E-state index in [1.54, 1.807) is 6.33 Å². The van der Waals surface area contributed by atoms with Gasteiger partial charge in [0.25, 0.3) is 5.91 Å². The molecule has 24 heavy (non-hydrogen) atoms. The predicted molar refractivity (Wildman–Crippen MR) is 79.4 cm³/mol. The monoisotopic (exact) mass is 339 g/mol. The van der Waals surface area contributed by atoms with Gasteiger partial charge in [-0.3, -0.25) is 4.79 Å². The van der Waals surface area contributed by atoms with Crippen molar-refractivity contribution < 1.29 is 23.1 Å². The number of benzene rings is 1. The van der Waals surface area contributed by atoms with Gasteiger partial charge in [0.05, 0.1) is 18.6 Å². The smallest absolute Gasteiger partial charge is 0.373 e. The van der Waals surface area contributed by atoms with Crippen LogP contribution in [0.25, 0.3) is 5.69 Å². The molecule has 1 aliphatic rings. The second-order valence-corrected chi connectivity index (χ2v) is 5.89. The highest BCUT2D eigenvalue weighted by Gasteiger charge is 2.57.